The van der Waals surface area contributed by atoms with Crippen LogP contribution in [0.2, 0.25) is 0 Å². The van der Waals surface area contributed by atoms with Gasteiger partial charge >= 0.3 is 0 Å². The Kier molecular flexibility index (Phi) is 4.21. The third-order valence-corrected chi connectivity index (χ3v) is 1.60. The maximum atomic E-state index is 10.2. The highest BCUT2D eigenvalue weighted by Crippen LogP contribution is 2.12. The van der Waals surface area contributed by atoms with Crippen LogP contribution >= 0.6 is 11.6 Å². The summed E-state index contributed by atoms with van der Waals surface area (Å²) in [5.74, 6) is 0. The van der Waals surface area contributed by atoms with Crippen molar-refractivity contribution in [3.8, 4) is 0 Å². The summed E-state index contributed by atoms with van der Waals surface area (Å²) in [6.45, 7) is 6.21. The highest BCUT2D eigenvalue weighted by atomic mass is 35.5. The lowest BCUT2D eigenvalue weighted by Crippen LogP contribution is -1.93. The van der Waals surface area contributed by atoms with E-state index in [0.717, 1.165) is 0 Å². The van der Waals surface area contributed by atoms with Crippen LogP contribution in [0, 0.1) is 10.1 Å². The summed E-state index contributed by atoms with van der Waals surface area (Å²) in [6, 6.07) is 0. The molecule has 0 rings (SSSR count). The van der Waals surface area contributed by atoms with Gasteiger partial charge in [0.2, 0.25) is 5.70 Å². The molecule has 0 saturated carbocycles. The monoisotopic (exact) mass is 188 g/mol. The number of nitro groups is 1. The Balaban J connectivity index is 4.76. The molecule has 0 aliphatic heterocycles. The fraction of sp³-hybridized carbons (Fsp3) is 0.286. The average Bonchev–Trinajstić information content (AvgIpc) is 2.02. The summed E-state index contributed by atoms with van der Waals surface area (Å²) >= 11 is 5.55. The van der Waals surface area contributed by atoms with E-state index < -0.39 is 4.92 Å². The number of hydrogen-bond acceptors (Lipinski definition) is 3. The first-order valence-electron chi connectivity index (χ1n) is 3.14. The molecule has 5 heteroatoms. The second-order valence-corrected chi connectivity index (χ2v) is 2.53. The molecule has 0 spiro atoms. The number of nitrogens with zero attached hydrogens (tertiary/aromatic N) is 2. The second kappa shape index (κ2) is 4.66. The SMILES string of the molecule is C=N/C(Cl)=C(C)\C=C(/C)[N+](=O)[O-]. The molecule has 0 amide bonds. The molecule has 0 unspecified atom stereocenters. The molecule has 0 aromatic rings. The zero-order valence-electron chi connectivity index (χ0n) is 6.87. The van der Waals surface area contributed by atoms with E-state index in [-0.39, 0.29) is 10.9 Å². The Morgan fingerprint density at radius 3 is 2.50 bits per heavy atom. The Morgan fingerprint density at radius 1 is 1.67 bits per heavy atom. The molecular formula is C7H9ClN2O2. The maximum Gasteiger partial charge on any atom is 0.243 e. The maximum absolute atomic E-state index is 10.2. The molecule has 0 aromatic carbocycles. The summed E-state index contributed by atoms with van der Waals surface area (Å²) in [7, 11) is 0. The van der Waals surface area contributed by atoms with Crippen molar-refractivity contribution in [1.29, 1.82) is 0 Å². The minimum atomic E-state index is -0.489. The van der Waals surface area contributed by atoms with E-state index in [1.165, 1.54) is 13.0 Å². The van der Waals surface area contributed by atoms with Gasteiger partial charge in [-0.05, 0) is 19.2 Å². The normalized spacial score (nSPS) is 13.8. The minimum Gasteiger partial charge on any atom is -0.259 e. The summed E-state index contributed by atoms with van der Waals surface area (Å²) in [6.07, 6.45) is 1.34. The third kappa shape index (κ3) is 3.30. The number of hydrogen-bond donors (Lipinski definition) is 0. The second-order valence-electron chi connectivity index (χ2n) is 2.17. The van der Waals surface area contributed by atoms with E-state index in [9.17, 15) is 10.1 Å². The zero-order valence-corrected chi connectivity index (χ0v) is 7.63. The number of rotatable bonds is 3. The number of halogens is 1. The first-order chi connectivity index (χ1) is 5.49. The molecular weight excluding hydrogens is 180 g/mol. The molecule has 0 bridgehead atoms. The molecule has 4 nitrogen and oxygen atoms in total. The Hall–Kier alpha value is -1.16. The van der Waals surface area contributed by atoms with Gasteiger partial charge in [-0.1, -0.05) is 11.6 Å². The van der Waals surface area contributed by atoms with E-state index in [0.29, 0.717) is 5.57 Å². The van der Waals surface area contributed by atoms with E-state index in [2.05, 4.69) is 11.7 Å². The van der Waals surface area contributed by atoms with Crippen LogP contribution in [-0.2, 0) is 0 Å². The Bertz CT molecular complexity index is 269. The Labute approximate surface area is 75.4 Å². The molecule has 12 heavy (non-hydrogen) atoms. The van der Waals surface area contributed by atoms with Gasteiger partial charge in [-0.2, -0.15) is 0 Å². The highest BCUT2D eigenvalue weighted by Gasteiger charge is 2.02. The van der Waals surface area contributed by atoms with Crippen molar-refractivity contribution in [2.75, 3.05) is 0 Å². The van der Waals surface area contributed by atoms with Gasteiger partial charge in [0.25, 0.3) is 0 Å². The van der Waals surface area contributed by atoms with Crippen LogP contribution < -0.4 is 0 Å². The van der Waals surface area contributed by atoms with Crippen LogP contribution in [0.25, 0.3) is 0 Å². The van der Waals surface area contributed by atoms with Gasteiger partial charge in [0.15, 0.2) is 0 Å². The van der Waals surface area contributed by atoms with Crippen molar-refractivity contribution in [1.82, 2.24) is 0 Å². The van der Waals surface area contributed by atoms with Gasteiger partial charge in [0.1, 0.15) is 5.16 Å². The van der Waals surface area contributed by atoms with E-state index in [1.807, 2.05) is 0 Å². The fourth-order valence-corrected chi connectivity index (χ4v) is 0.605. The van der Waals surface area contributed by atoms with Crippen LogP contribution in [0.1, 0.15) is 13.8 Å². The summed E-state index contributed by atoms with van der Waals surface area (Å²) in [5.41, 5.74) is 0.551. The molecule has 0 aromatic heterocycles. The van der Waals surface area contributed by atoms with Crippen LogP contribution in [0.3, 0.4) is 0 Å². The van der Waals surface area contributed by atoms with Crippen LogP contribution in [-0.4, -0.2) is 11.6 Å². The smallest absolute Gasteiger partial charge is 0.243 e. The quantitative estimate of drug-likeness (QED) is 0.224. The largest absolute Gasteiger partial charge is 0.259 e. The summed E-state index contributed by atoms with van der Waals surface area (Å²) in [5, 5.41) is 10.3. The van der Waals surface area contributed by atoms with Crippen molar-refractivity contribution < 1.29 is 4.92 Å². The summed E-state index contributed by atoms with van der Waals surface area (Å²) < 4.78 is 0. The molecule has 0 aliphatic carbocycles. The van der Waals surface area contributed by atoms with Crippen molar-refractivity contribution >= 4 is 18.3 Å². The predicted molar refractivity (Wildman–Crippen MR) is 48.9 cm³/mol. The third-order valence-electron chi connectivity index (χ3n) is 1.18. The standard InChI is InChI=1S/C7H9ClN2O2/c1-5(7(8)9-3)4-6(2)10(11)12/h4H,3H2,1-2H3/b6-4+,7-5-. The van der Waals surface area contributed by atoms with Crippen molar-refractivity contribution in [2.45, 2.75) is 13.8 Å². The van der Waals surface area contributed by atoms with Crippen molar-refractivity contribution in [3.05, 3.63) is 32.6 Å². The highest BCUT2D eigenvalue weighted by molar-refractivity contribution is 6.30. The van der Waals surface area contributed by atoms with Crippen LogP contribution in [0.15, 0.2) is 27.5 Å². The van der Waals surface area contributed by atoms with Crippen LogP contribution in [0.4, 0.5) is 0 Å². The van der Waals surface area contributed by atoms with E-state index in [1.54, 1.807) is 6.92 Å². The lowest BCUT2D eigenvalue weighted by molar-refractivity contribution is -0.424. The lowest BCUT2D eigenvalue weighted by Gasteiger charge is -1.93. The topological polar surface area (TPSA) is 55.5 Å². The Morgan fingerprint density at radius 2 is 2.17 bits per heavy atom. The van der Waals surface area contributed by atoms with E-state index >= 15 is 0 Å². The first-order valence-corrected chi connectivity index (χ1v) is 3.52. The van der Waals surface area contributed by atoms with Crippen molar-refractivity contribution in [2.24, 2.45) is 4.99 Å². The molecule has 66 valence electrons. The molecule has 0 radical (unpaired) electrons. The summed E-state index contributed by atoms with van der Waals surface area (Å²) in [4.78, 5) is 13.1. The molecule has 0 saturated heterocycles. The van der Waals surface area contributed by atoms with Crippen molar-refractivity contribution in [3.63, 3.8) is 0 Å². The zero-order chi connectivity index (χ0) is 9.72. The van der Waals surface area contributed by atoms with Gasteiger partial charge in [0.05, 0.1) is 4.92 Å². The average molecular weight is 189 g/mol. The van der Waals surface area contributed by atoms with Gasteiger partial charge in [0, 0.05) is 13.0 Å². The van der Waals surface area contributed by atoms with E-state index in [4.69, 9.17) is 11.6 Å². The molecule has 0 aliphatic rings. The lowest BCUT2D eigenvalue weighted by atomic mass is 10.3. The predicted octanol–water partition coefficient (Wildman–Crippen LogP) is 2.34. The number of aliphatic imine (C=N–C) groups is 1. The number of allylic oxidation sites excluding steroid dienone is 3. The van der Waals surface area contributed by atoms with Gasteiger partial charge < -0.3 is 0 Å². The van der Waals surface area contributed by atoms with Gasteiger partial charge in [-0.25, -0.2) is 0 Å². The molecule has 0 heterocycles. The van der Waals surface area contributed by atoms with Crippen LogP contribution in [0.5, 0.6) is 0 Å². The van der Waals surface area contributed by atoms with Gasteiger partial charge in [-0.3, -0.25) is 15.1 Å². The molecule has 0 N–H and O–H groups in total. The van der Waals surface area contributed by atoms with Gasteiger partial charge in [-0.15, -0.1) is 0 Å². The molecule has 0 atom stereocenters. The molecule has 0 fully saturated rings. The fourth-order valence-electron chi connectivity index (χ4n) is 0.550. The minimum absolute atomic E-state index is 0.0225. The first kappa shape index (κ1) is 10.8.